The molecule has 0 atom stereocenters. The van der Waals surface area contributed by atoms with Gasteiger partial charge < -0.3 is 15.5 Å². The number of hydrogen-bond acceptors (Lipinski definition) is 3. The third-order valence-electron chi connectivity index (χ3n) is 2.40. The molecule has 0 saturated carbocycles. The first kappa shape index (κ1) is 14.4. The second kappa shape index (κ2) is 7.65. The van der Waals surface area contributed by atoms with Gasteiger partial charge in [0.1, 0.15) is 0 Å². The van der Waals surface area contributed by atoms with Gasteiger partial charge in [-0.3, -0.25) is 4.79 Å². The van der Waals surface area contributed by atoms with Gasteiger partial charge in [0.2, 0.25) is 5.91 Å². The van der Waals surface area contributed by atoms with Crippen LogP contribution in [-0.4, -0.2) is 34.9 Å². The Bertz CT molecular complexity index is 179. The molecule has 0 saturated heterocycles. The fourth-order valence-electron chi connectivity index (χ4n) is 1.24. The van der Waals surface area contributed by atoms with Crippen molar-refractivity contribution in [2.75, 3.05) is 13.2 Å². The van der Waals surface area contributed by atoms with Crippen LogP contribution >= 0.6 is 0 Å². The van der Waals surface area contributed by atoms with Crippen molar-refractivity contribution in [1.29, 1.82) is 0 Å². The van der Waals surface area contributed by atoms with Crippen LogP contribution in [0.3, 0.4) is 0 Å². The molecule has 1 amide bonds. The highest BCUT2D eigenvalue weighted by molar-refractivity contribution is 5.76. The molecule has 4 heteroatoms. The monoisotopic (exact) mass is 217 g/mol. The highest BCUT2D eigenvalue weighted by Gasteiger charge is 2.23. The second-order valence-electron chi connectivity index (χ2n) is 4.24. The van der Waals surface area contributed by atoms with Crippen LogP contribution in [0, 0.1) is 0 Å². The van der Waals surface area contributed by atoms with Gasteiger partial charge in [-0.05, 0) is 13.3 Å². The molecular formula is C11H23NO3. The molecule has 0 radical (unpaired) electrons. The molecule has 0 fully saturated rings. The van der Waals surface area contributed by atoms with E-state index in [1.54, 1.807) is 6.92 Å². The molecular weight excluding hydrogens is 194 g/mol. The quantitative estimate of drug-likeness (QED) is 0.527. The summed E-state index contributed by atoms with van der Waals surface area (Å²) in [4.78, 5) is 11.4. The Kier molecular flexibility index (Phi) is 7.34. The highest BCUT2D eigenvalue weighted by Crippen LogP contribution is 2.05. The van der Waals surface area contributed by atoms with Crippen LogP contribution in [0.1, 0.15) is 46.0 Å². The van der Waals surface area contributed by atoms with E-state index in [0.717, 1.165) is 25.7 Å². The average Bonchev–Trinajstić information content (AvgIpc) is 2.24. The molecule has 0 spiro atoms. The Morgan fingerprint density at radius 1 is 1.20 bits per heavy atom. The Morgan fingerprint density at radius 2 is 1.80 bits per heavy atom. The van der Waals surface area contributed by atoms with Crippen LogP contribution in [0.4, 0.5) is 0 Å². The number of carbonyl (C=O) groups is 1. The number of amides is 1. The Labute approximate surface area is 91.7 Å². The lowest BCUT2D eigenvalue weighted by Gasteiger charge is -2.26. The molecule has 4 nitrogen and oxygen atoms in total. The predicted molar refractivity (Wildman–Crippen MR) is 59.5 cm³/mol. The molecule has 3 N–H and O–H groups in total. The zero-order chi connectivity index (χ0) is 11.7. The normalized spacial score (nSPS) is 11.5. The molecule has 0 aromatic rings. The van der Waals surface area contributed by atoms with Crippen molar-refractivity contribution in [3.8, 4) is 0 Å². The largest absolute Gasteiger partial charge is 0.394 e. The lowest BCUT2D eigenvalue weighted by atomic mass is 10.0. The lowest BCUT2D eigenvalue weighted by Crippen LogP contribution is -2.51. The molecule has 0 bridgehead atoms. The summed E-state index contributed by atoms with van der Waals surface area (Å²) in [5, 5.41) is 20.6. The number of rotatable bonds is 8. The topological polar surface area (TPSA) is 69.6 Å². The van der Waals surface area contributed by atoms with E-state index in [1.165, 1.54) is 0 Å². The minimum atomic E-state index is -0.887. The number of aliphatic hydroxyl groups is 2. The predicted octanol–water partition coefficient (Wildman–Crippen LogP) is 0.816. The molecule has 0 aliphatic rings. The van der Waals surface area contributed by atoms with Crippen molar-refractivity contribution in [1.82, 2.24) is 5.32 Å². The van der Waals surface area contributed by atoms with Gasteiger partial charge in [-0.2, -0.15) is 0 Å². The summed E-state index contributed by atoms with van der Waals surface area (Å²) in [7, 11) is 0. The summed E-state index contributed by atoms with van der Waals surface area (Å²) in [6, 6.07) is 0. The van der Waals surface area contributed by atoms with Gasteiger partial charge >= 0.3 is 0 Å². The zero-order valence-corrected chi connectivity index (χ0v) is 9.75. The van der Waals surface area contributed by atoms with Crippen LogP contribution in [0.2, 0.25) is 0 Å². The average molecular weight is 217 g/mol. The maximum absolute atomic E-state index is 11.4. The third kappa shape index (κ3) is 6.47. The maximum atomic E-state index is 11.4. The van der Waals surface area contributed by atoms with Crippen molar-refractivity contribution in [3.63, 3.8) is 0 Å². The summed E-state index contributed by atoms with van der Waals surface area (Å²) in [6.45, 7) is 3.25. The molecule has 90 valence electrons. The SMILES string of the molecule is CCCCCCC(=O)NC(C)(CO)CO. The highest BCUT2D eigenvalue weighted by atomic mass is 16.3. The first-order chi connectivity index (χ1) is 7.08. The van der Waals surface area contributed by atoms with Crippen molar-refractivity contribution in [3.05, 3.63) is 0 Å². The van der Waals surface area contributed by atoms with E-state index in [-0.39, 0.29) is 19.1 Å². The second-order valence-corrected chi connectivity index (χ2v) is 4.24. The number of hydrogen-bond donors (Lipinski definition) is 3. The first-order valence-corrected chi connectivity index (χ1v) is 5.60. The molecule has 0 aromatic carbocycles. The van der Waals surface area contributed by atoms with Crippen LogP contribution < -0.4 is 5.32 Å². The summed E-state index contributed by atoms with van der Waals surface area (Å²) in [6.07, 6.45) is 4.68. The fourth-order valence-corrected chi connectivity index (χ4v) is 1.24. The van der Waals surface area contributed by atoms with Crippen molar-refractivity contribution in [2.24, 2.45) is 0 Å². The van der Waals surface area contributed by atoms with Gasteiger partial charge in [0.15, 0.2) is 0 Å². The molecule has 0 unspecified atom stereocenters. The zero-order valence-electron chi connectivity index (χ0n) is 9.75. The van der Waals surface area contributed by atoms with Gasteiger partial charge in [0.05, 0.1) is 18.8 Å². The van der Waals surface area contributed by atoms with E-state index in [1.807, 2.05) is 0 Å². The maximum Gasteiger partial charge on any atom is 0.220 e. The van der Waals surface area contributed by atoms with Crippen molar-refractivity contribution >= 4 is 5.91 Å². The number of carbonyl (C=O) groups excluding carboxylic acids is 1. The molecule has 15 heavy (non-hydrogen) atoms. The van der Waals surface area contributed by atoms with E-state index in [9.17, 15) is 4.79 Å². The Morgan fingerprint density at radius 3 is 2.27 bits per heavy atom. The molecule has 0 heterocycles. The number of unbranched alkanes of at least 4 members (excludes halogenated alkanes) is 3. The minimum Gasteiger partial charge on any atom is -0.394 e. The minimum absolute atomic E-state index is 0.100. The van der Waals surface area contributed by atoms with Gasteiger partial charge in [0, 0.05) is 6.42 Å². The van der Waals surface area contributed by atoms with Gasteiger partial charge in [-0.25, -0.2) is 0 Å². The smallest absolute Gasteiger partial charge is 0.220 e. The summed E-state index contributed by atoms with van der Waals surface area (Å²) in [5.41, 5.74) is -0.887. The van der Waals surface area contributed by atoms with Gasteiger partial charge in [-0.1, -0.05) is 26.2 Å². The van der Waals surface area contributed by atoms with E-state index in [0.29, 0.717) is 6.42 Å². The molecule has 0 aromatic heterocycles. The summed E-state index contributed by atoms with van der Waals surface area (Å²) >= 11 is 0. The molecule has 0 aliphatic carbocycles. The van der Waals surface area contributed by atoms with Crippen LogP contribution in [-0.2, 0) is 4.79 Å². The van der Waals surface area contributed by atoms with Crippen molar-refractivity contribution < 1.29 is 15.0 Å². The summed E-state index contributed by atoms with van der Waals surface area (Å²) < 4.78 is 0. The standard InChI is InChI=1S/C11H23NO3/c1-3-4-5-6-7-10(15)12-11(2,8-13)9-14/h13-14H,3-9H2,1-2H3,(H,12,15). The van der Waals surface area contributed by atoms with E-state index < -0.39 is 5.54 Å². The van der Waals surface area contributed by atoms with E-state index in [2.05, 4.69) is 12.2 Å². The first-order valence-electron chi connectivity index (χ1n) is 5.60. The van der Waals surface area contributed by atoms with Crippen LogP contribution in [0.15, 0.2) is 0 Å². The van der Waals surface area contributed by atoms with Gasteiger partial charge in [0.25, 0.3) is 0 Å². The van der Waals surface area contributed by atoms with Crippen LogP contribution in [0.25, 0.3) is 0 Å². The summed E-state index contributed by atoms with van der Waals surface area (Å²) in [5.74, 6) is -0.100. The van der Waals surface area contributed by atoms with Crippen molar-refractivity contribution in [2.45, 2.75) is 51.5 Å². The van der Waals surface area contributed by atoms with E-state index >= 15 is 0 Å². The lowest BCUT2D eigenvalue weighted by molar-refractivity contribution is -0.124. The fraction of sp³-hybridized carbons (Fsp3) is 0.909. The number of nitrogens with one attached hydrogen (secondary N) is 1. The Hall–Kier alpha value is -0.610. The molecule has 0 aliphatic heterocycles. The van der Waals surface area contributed by atoms with Gasteiger partial charge in [-0.15, -0.1) is 0 Å². The third-order valence-corrected chi connectivity index (χ3v) is 2.40. The molecule has 0 rings (SSSR count). The Balaban J connectivity index is 3.72. The van der Waals surface area contributed by atoms with E-state index in [4.69, 9.17) is 10.2 Å². The van der Waals surface area contributed by atoms with Crippen LogP contribution in [0.5, 0.6) is 0 Å². The number of aliphatic hydroxyl groups excluding tert-OH is 2.